The number of unbranched alkanes of at least 4 members (excludes halogenated alkanes) is 1. The number of nitrogens with zero attached hydrogens (tertiary/aromatic N) is 1. The van der Waals surface area contributed by atoms with Gasteiger partial charge in [-0.3, -0.25) is 4.90 Å². The molecule has 8 nitrogen and oxygen atoms in total. The minimum Gasteiger partial charge on any atom is -0.394 e. The summed E-state index contributed by atoms with van der Waals surface area (Å²) in [6, 6.07) is 14.8. The molecule has 2 aromatic carbocycles. The molecule has 1 heterocycles. The van der Waals surface area contributed by atoms with Crippen molar-refractivity contribution in [2.75, 3.05) is 44.9 Å². The van der Waals surface area contributed by atoms with Gasteiger partial charge in [0.05, 0.1) is 37.6 Å². The first-order valence-corrected chi connectivity index (χ1v) is 15.9. The lowest BCUT2D eigenvalue weighted by molar-refractivity contribution is -0.0561. The van der Waals surface area contributed by atoms with Gasteiger partial charge in [-0.1, -0.05) is 42.5 Å². The van der Waals surface area contributed by atoms with Crippen LogP contribution in [-0.4, -0.2) is 116 Å². The van der Waals surface area contributed by atoms with Crippen LogP contribution in [0.5, 0.6) is 0 Å². The van der Waals surface area contributed by atoms with E-state index in [1.54, 1.807) is 0 Å². The van der Waals surface area contributed by atoms with Gasteiger partial charge >= 0.3 is 0 Å². The maximum absolute atomic E-state index is 10.7. The molecule has 220 valence electrons. The second-order valence-corrected chi connectivity index (χ2v) is 13.4. The minimum atomic E-state index is -1.12. The molecular formula is C30H47NO7S. The summed E-state index contributed by atoms with van der Waals surface area (Å²) in [7, 11) is -0.655. The van der Waals surface area contributed by atoms with Crippen molar-refractivity contribution in [2.24, 2.45) is 0 Å². The summed E-state index contributed by atoms with van der Waals surface area (Å²) in [5, 5.41) is 68.6. The predicted octanol–water partition coefficient (Wildman–Crippen LogP) is 0.685. The monoisotopic (exact) mass is 565 g/mol. The molecule has 3 rings (SSSR count). The predicted molar refractivity (Wildman–Crippen MR) is 157 cm³/mol. The SMILES string of the molecule is Cc1ccc([C@H]2[C@H](O)[C@H](O)[C@H](O)C[SH]2C)cc1Cc1ccc(CCCCN(CC(O)CO)CC(O)CO)cc1. The van der Waals surface area contributed by atoms with Crippen LogP contribution in [0.2, 0.25) is 0 Å². The summed E-state index contributed by atoms with van der Waals surface area (Å²) < 4.78 is 0. The fourth-order valence-corrected chi connectivity index (χ4v) is 7.79. The van der Waals surface area contributed by atoms with Gasteiger partial charge in [0, 0.05) is 24.1 Å². The molecule has 9 heteroatoms. The minimum absolute atomic E-state index is 0.158. The van der Waals surface area contributed by atoms with Crippen LogP contribution < -0.4 is 0 Å². The van der Waals surface area contributed by atoms with Gasteiger partial charge in [0.1, 0.15) is 6.10 Å². The molecule has 1 fully saturated rings. The summed E-state index contributed by atoms with van der Waals surface area (Å²) in [6.07, 6.45) is 0.854. The zero-order valence-corrected chi connectivity index (χ0v) is 24.0. The largest absolute Gasteiger partial charge is 0.394 e. The van der Waals surface area contributed by atoms with E-state index in [-0.39, 0.29) is 31.6 Å². The quantitative estimate of drug-likeness (QED) is 0.123. The van der Waals surface area contributed by atoms with E-state index in [1.165, 1.54) is 22.3 Å². The second-order valence-electron chi connectivity index (χ2n) is 11.0. The van der Waals surface area contributed by atoms with Crippen molar-refractivity contribution in [3.05, 3.63) is 70.3 Å². The van der Waals surface area contributed by atoms with Crippen molar-refractivity contribution in [2.45, 2.75) is 68.4 Å². The van der Waals surface area contributed by atoms with Gasteiger partial charge in [0.25, 0.3) is 0 Å². The maximum atomic E-state index is 10.7. The highest BCUT2D eigenvalue weighted by atomic mass is 32.2. The molecule has 1 saturated heterocycles. The van der Waals surface area contributed by atoms with Gasteiger partial charge in [0.2, 0.25) is 0 Å². The van der Waals surface area contributed by atoms with Gasteiger partial charge in [-0.25, -0.2) is 10.9 Å². The Hall–Kier alpha value is -1.53. The van der Waals surface area contributed by atoms with E-state index in [0.717, 1.165) is 31.2 Å². The number of rotatable bonds is 14. The average Bonchev–Trinajstić information content (AvgIpc) is 2.92. The summed E-state index contributed by atoms with van der Waals surface area (Å²) in [4.78, 5) is 1.87. The lowest BCUT2D eigenvalue weighted by Crippen LogP contribution is -2.47. The highest BCUT2D eigenvalue weighted by molar-refractivity contribution is 8.16. The van der Waals surface area contributed by atoms with E-state index < -0.39 is 41.4 Å². The Morgan fingerprint density at radius 2 is 1.49 bits per heavy atom. The van der Waals surface area contributed by atoms with Crippen molar-refractivity contribution < 1.29 is 35.7 Å². The second kappa shape index (κ2) is 15.5. The number of hydrogen-bond donors (Lipinski definition) is 8. The number of aryl methyl sites for hydroxylation is 2. The van der Waals surface area contributed by atoms with Crippen molar-refractivity contribution >= 4 is 10.9 Å². The molecule has 0 aliphatic carbocycles. The first kappa shape index (κ1) is 32.0. The van der Waals surface area contributed by atoms with E-state index >= 15 is 0 Å². The summed E-state index contributed by atoms with van der Waals surface area (Å²) in [6.45, 7) is 2.58. The fraction of sp³-hybridized carbons (Fsp3) is 0.600. The Morgan fingerprint density at radius 1 is 0.872 bits per heavy atom. The Labute approximate surface area is 234 Å². The Morgan fingerprint density at radius 3 is 2.10 bits per heavy atom. The van der Waals surface area contributed by atoms with Crippen molar-refractivity contribution in [3.8, 4) is 0 Å². The van der Waals surface area contributed by atoms with Crippen molar-refractivity contribution in [1.82, 2.24) is 4.90 Å². The molecule has 0 aromatic heterocycles. The molecule has 0 bridgehead atoms. The van der Waals surface area contributed by atoms with Crippen LogP contribution in [0.1, 0.15) is 45.9 Å². The van der Waals surface area contributed by atoms with Crippen LogP contribution in [0.3, 0.4) is 0 Å². The highest BCUT2D eigenvalue weighted by Crippen LogP contribution is 2.48. The summed E-state index contributed by atoms with van der Waals surface area (Å²) >= 11 is 0. The first-order valence-electron chi connectivity index (χ1n) is 13.8. The standard InChI is InChI=1S/C30H47NO7S/c1-20-6-11-23(30-29(38)28(37)27(36)19-39(30)2)14-24(20)13-22-9-7-21(8-10-22)5-3-4-12-31(15-25(34)17-32)16-26(35)18-33/h6-11,14,25-30,32-39H,3-5,12-13,15-19H2,1-2H3/t25?,26?,27-,28-,29-,30+/m1/s1. The van der Waals surface area contributed by atoms with E-state index in [2.05, 4.69) is 49.6 Å². The molecule has 7 atom stereocenters. The van der Waals surface area contributed by atoms with Gasteiger partial charge in [-0.05, 0) is 73.2 Å². The van der Waals surface area contributed by atoms with Gasteiger partial charge < -0.3 is 35.7 Å². The van der Waals surface area contributed by atoms with E-state index in [4.69, 9.17) is 10.2 Å². The van der Waals surface area contributed by atoms with Crippen LogP contribution in [0, 0.1) is 6.92 Å². The number of thiol groups is 1. The molecule has 0 radical (unpaired) electrons. The number of aliphatic hydroxyl groups is 7. The van der Waals surface area contributed by atoms with Crippen LogP contribution >= 0.6 is 10.9 Å². The third kappa shape index (κ3) is 9.24. The Bertz CT molecular complexity index is 995. The third-order valence-electron chi connectivity index (χ3n) is 7.70. The number of aliphatic hydroxyl groups excluding tert-OH is 7. The molecular weight excluding hydrogens is 518 g/mol. The third-order valence-corrected chi connectivity index (χ3v) is 10.2. The van der Waals surface area contributed by atoms with E-state index in [9.17, 15) is 25.5 Å². The van der Waals surface area contributed by atoms with Crippen LogP contribution in [0.4, 0.5) is 0 Å². The Balaban J connectivity index is 1.56. The van der Waals surface area contributed by atoms with E-state index in [0.29, 0.717) is 12.3 Å². The molecule has 0 amide bonds. The lowest BCUT2D eigenvalue weighted by Gasteiger charge is -2.42. The van der Waals surface area contributed by atoms with Gasteiger partial charge in [-0.15, -0.1) is 0 Å². The molecule has 0 saturated carbocycles. The summed E-state index contributed by atoms with van der Waals surface area (Å²) in [5.41, 5.74) is 5.81. The zero-order valence-electron chi connectivity index (χ0n) is 23.1. The molecule has 7 N–H and O–H groups in total. The molecule has 1 aliphatic heterocycles. The fourth-order valence-electron chi connectivity index (χ4n) is 5.39. The Kier molecular flexibility index (Phi) is 12.7. The lowest BCUT2D eigenvalue weighted by atomic mass is 9.93. The number of benzene rings is 2. The van der Waals surface area contributed by atoms with Gasteiger partial charge in [-0.2, -0.15) is 0 Å². The van der Waals surface area contributed by atoms with E-state index in [1.807, 2.05) is 11.0 Å². The number of hydrogen-bond acceptors (Lipinski definition) is 8. The highest BCUT2D eigenvalue weighted by Gasteiger charge is 2.40. The zero-order chi connectivity index (χ0) is 28.5. The molecule has 1 aliphatic rings. The normalized spacial score (nSPS) is 26.1. The average molecular weight is 566 g/mol. The maximum Gasteiger partial charge on any atom is 0.108 e. The molecule has 3 unspecified atom stereocenters. The molecule has 39 heavy (non-hydrogen) atoms. The van der Waals surface area contributed by atoms with Crippen molar-refractivity contribution in [3.63, 3.8) is 0 Å². The first-order chi connectivity index (χ1) is 18.6. The summed E-state index contributed by atoms with van der Waals surface area (Å²) in [5.74, 6) is 0.524. The van der Waals surface area contributed by atoms with Crippen LogP contribution in [-0.2, 0) is 12.8 Å². The molecule has 0 spiro atoms. The van der Waals surface area contributed by atoms with Crippen LogP contribution in [0.25, 0.3) is 0 Å². The van der Waals surface area contributed by atoms with Gasteiger partial charge in [0.15, 0.2) is 0 Å². The smallest absolute Gasteiger partial charge is 0.108 e. The topological polar surface area (TPSA) is 145 Å². The molecule has 2 aromatic rings. The van der Waals surface area contributed by atoms with Crippen molar-refractivity contribution in [1.29, 1.82) is 0 Å². The van der Waals surface area contributed by atoms with Crippen LogP contribution in [0.15, 0.2) is 42.5 Å².